The van der Waals surface area contributed by atoms with Crippen molar-refractivity contribution >= 4 is 17.5 Å². The van der Waals surface area contributed by atoms with Gasteiger partial charge in [0.1, 0.15) is 0 Å². The van der Waals surface area contributed by atoms with Crippen LogP contribution < -0.4 is 0 Å². The first-order valence-electron chi connectivity index (χ1n) is 7.66. The summed E-state index contributed by atoms with van der Waals surface area (Å²) in [6.07, 6.45) is 0. The van der Waals surface area contributed by atoms with Gasteiger partial charge in [-0.2, -0.15) is 0 Å². The second kappa shape index (κ2) is 7.59. The summed E-state index contributed by atoms with van der Waals surface area (Å²) in [5.74, 6) is 1.12. The van der Waals surface area contributed by atoms with Gasteiger partial charge in [0.15, 0.2) is 5.78 Å². The Bertz CT molecular complexity index is 494. The van der Waals surface area contributed by atoms with E-state index >= 15 is 0 Å². The summed E-state index contributed by atoms with van der Waals surface area (Å²) in [6, 6.07) is 7.97. The van der Waals surface area contributed by atoms with Gasteiger partial charge in [0.05, 0.1) is 18.8 Å². The largest absolute Gasteiger partial charge is 0.379 e. The van der Waals surface area contributed by atoms with Crippen molar-refractivity contribution in [2.24, 2.45) is 0 Å². The van der Waals surface area contributed by atoms with E-state index in [-0.39, 0.29) is 5.78 Å². The molecule has 1 aliphatic heterocycles. The molecule has 1 fully saturated rings. The lowest BCUT2D eigenvalue weighted by Crippen LogP contribution is -2.54. The fourth-order valence-corrected chi connectivity index (χ4v) is 3.26. The Morgan fingerprint density at radius 3 is 2.36 bits per heavy atom. The van der Waals surface area contributed by atoms with Crippen molar-refractivity contribution in [3.8, 4) is 0 Å². The van der Waals surface area contributed by atoms with Crippen LogP contribution in [0.3, 0.4) is 0 Å². The Balaban J connectivity index is 2.04. The predicted octanol–water partition coefficient (Wildman–Crippen LogP) is 2.59. The standard InChI is InChI=1S/C17H26N2O2S/c1-17(2,19-9-11-21-12-10-19)16(20)14-5-7-15(8-6-14)22-13-18(3)4/h5-8H,9-13H2,1-4H3. The highest BCUT2D eigenvalue weighted by Gasteiger charge is 2.35. The lowest BCUT2D eigenvalue weighted by atomic mass is 9.91. The average molecular weight is 322 g/mol. The van der Waals surface area contributed by atoms with Crippen molar-refractivity contribution in [1.82, 2.24) is 9.80 Å². The molecule has 1 aromatic rings. The Kier molecular flexibility index (Phi) is 6.03. The number of Topliss-reactive ketones (excluding diaryl/α,β-unsaturated/α-hetero) is 1. The molecule has 122 valence electrons. The number of carbonyl (C=O) groups is 1. The van der Waals surface area contributed by atoms with E-state index in [1.165, 1.54) is 4.90 Å². The third-order valence-corrected chi connectivity index (χ3v) is 5.21. The summed E-state index contributed by atoms with van der Waals surface area (Å²) < 4.78 is 5.38. The van der Waals surface area contributed by atoms with Crippen LogP contribution in [0.15, 0.2) is 29.2 Å². The van der Waals surface area contributed by atoms with Crippen LogP contribution in [0, 0.1) is 0 Å². The van der Waals surface area contributed by atoms with Crippen molar-refractivity contribution < 1.29 is 9.53 Å². The highest BCUT2D eigenvalue weighted by molar-refractivity contribution is 7.99. The molecule has 0 unspecified atom stereocenters. The summed E-state index contributed by atoms with van der Waals surface area (Å²) in [4.78, 5) is 18.4. The molecule has 1 aliphatic rings. The molecule has 0 atom stereocenters. The molecule has 0 spiro atoms. The van der Waals surface area contributed by atoms with E-state index in [1.807, 2.05) is 38.1 Å². The van der Waals surface area contributed by atoms with Crippen molar-refractivity contribution in [2.75, 3.05) is 46.3 Å². The summed E-state index contributed by atoms with van der Waals surface area (Å²) in [5, 5.41) is 0. The van der Waals surface area contributed by atoms with Crippen LogP contribution in [-0.2, 0) is 4.74 Å². The predicted molar refractivity (Wildman–Crippen MR) is 91.7 cm³/mol. The van der Waals surface area contributed by atoms with Gasteiger partial charge in [-0.3, -0.25) is 14.6 Å². The molecule has 0 saturated carbocycles. The maximum absolute atomic E-state index is 12.8. The van der Waals surface area contributed by atoms with Gasteiger partial charge in [0.2, 0.25) is 0 Å². The molecule has 0 radical (unpaired) electrons. The third kappa shape index (κ3) is 4.32. The highest BCUT2D eigenvalue weighted by atomic mass is 32.2. The van der Waals surface area contributed by atoms with E-state index < -0.39 is 5.54 Å². The monoisotopic (exact) mass is 322 g/mol. The minimum atomic E-state index is -0.484. The first-order valence-corrected chi connectivity index (χ1v) is 8.65. The third-order valence-electron chi connectivity index (χ3n) is 3.96. The molecule has 2 rings (SSSR count). The van der Waals surface area contributed by atoms with Crippen LogP contribution >= 0.6 is 11.8 Å². The molecule has 1 heterocycles. The van der Waals surface area contributed by atoms with Gasteiger partial charge < -0.3 is 4.74 Å². The van der Waals surface area contributed by atoms with Crippen LogP contribution in [0.4, 0.5) is 0 Å². The molecule has 1 saturated heterocycles. The zero-order valence-corrected chi connectivity index (χ0v) is 14.8. The molecular formula is C17H26N2O2S. The number of hydrogen-bond donors (Lipinski definition) is 0. The molecule has 0 amide bonds. The second-order valence-electron chi connectivity index (χ2n) is 6.37. The van der Waals surface area contributed by atoms with Gasteiger partial charge in [-0.05, 0) is 40.1 Å². The summed E-state index contributed by atoms with van der Waals surface area (Å²) in [7, 11) is 4.10. The number of benzene rings is 1. The van der Waals surface area contributed by atoms with Gasteiger partial charge in [-0.25, -0.2) is 0 Å². The number of hydrogen-bond acceptors (Lipinski definition) is 5. The van der Waals surface area contributed by atoms with Crippen LogP contribution in [0.25, 0.3) is 0 Å². The SMILES string of the molecule is CN(C)CSc1ccc(C(=O)C(C)(C)N2CCOCC2)cc1. The normalized spacial score (nSPS) is 17.0. The second-order valence-corrected chi connectivity index (χ2v) is 7.38. The number of nitrogens with zero attached hydrogens (tertiary/aromatic N) is 2. The van der Waals surface area contributed by atoms with Crippen LogP contribution in [0.1, 0.15) is 24.2 Å². The van der Waals surface area contributed by atoms with Crippen molar-refractivity contribution in [3.63, 3.8) is 0 Å². The van der Waals surface area contributed by atoms with Crippen LogP contribution in [0.5, 0.6) is 0 Å². The van der Waals surface area contributed by atoms with Crippen LogP contribution in [0.2, 0.25) is 0 Å². The lowest BCUT2D eigenvalue weighted by molar-refractivity contribution is -0.00430. The number of ether oxygens (including phenoxy) is 1. The number of rotatable bonds is 6. The Morgan fingerprint density at radius 2 is 1.82 bits per heavy atom. The van der Waals surface area contributed by atoms with Gasteiger partial charge in [0, 0.05) is 29.4 Å². The van der Waals surface area contributed by atoms with Gasteiger partial charge in [-0.15, -0.1) is 11.8 Å². The number of ketones is 1. The molecule has 0 aliphatic carbocycles. The lowest BCUT2D eigenvalue weighted by Gasteiger charge is -2.39. The fourth-order valence-electron chi connectivity index (χ4n) is 2.53. The Labute approximate surface area is 137 Å². The van der Waals surface area contributed by atoms with Crippen molar-refractivity contribution in [1.29, 1.82) is 0 Å². The summed E-state index contributed by atoms with van der Waals surface area (Å²) in [5.41, 5.74) is 0.299. The maximum atomic E-state index is 12.8. The van der Waals surface area contributed by atoms with E-state index in [1.54, 1.807) is 11.8 Å². The minimum Gasteiger partial charge on any atom is -0.379 e. The zero-order valence-electron chi connectivity index (χ0n) is 14.0. The van der Waals surface area contributed by atoms with E-state index in [0.29, 0.717) is 13.2 Å². The quantitative estimate of drug-likeness (QED) is 0.457. The molecule has 4 nitrogen and oxygen atoms in total. The molecule has 0 aromatic heterocycles. The number of morpholine rings is 1. The summed E-state index contributed by atoms with van der Waals surface area (Å²) >= 11 is 1.77. The molecule has 0 bridgehead atoms. The Morgan fingerprint density at radius 1 is 1.23 bits per heavy atom. The Hall–Kier alpha value is -0.880. The highest BCUT2D eigenvalue weighted by Crippen LogP contribution is 2.24. The van der Waals surface area contributed by atoms with Crippen molar-refractivity contribution in [2.45, 2.75) is 24.3 Å². The van der Waals surface area contributed by atoms with Gasteiger partial charge in [-0.1, -0.05) is 12.1 Å². The van der Waals surface area contributed by atoms with Gasteiger partial charge in [0.25, 0.3) is 0 Å². The summed E-state index contributed by atoms with van der Waals surface area (Å²) in [6.45, 7) is 7.06. The topological polar surface area (TPSA) is 32.8 Å². The zero-order chi connectivity index (χ0) is 16.2. The molecular weight excluding hydrogens is 296 g/mol. The smallest absolute Gasteiger partial charge is 0.182 e. The minimum absolute atomic E-state index is 0.179. The molecule has 1 aromatic carbocycles. The first-order chi connectivity index (χ1) is 10.4. The fraction of sp³-hybridized carbons (Fsp3) is 0.588. The molecule has 22 heavy (non-hydrogen) atoms. The van der Waals surface area contributed by atoms with E-state index in [4.69, 9.17) is 4.74 Å². The van der Waals surface area contributed by atoms with Crippen molar-refractivity contribution in [3.05, 3.63) is 29.8 Å². The number of carbonyl (C=O) groups excluding carboxylic acids is 1. The van der Waals surface area contributed by atoms with E-state index in [2.05, 4.69) is 23.9 Å². The van der Waals surface area contributed by atoms with Crippen LogP contribution in [-0.4, -0.2) is 67.4 Å². The van der Waals surface area contributed by atoms with E-state index in [9.17, 15) is 4.79 Å². The average Bonchev–Trinajstić information content (AvgIpc) is 2.53. The van der Waals surface area contributed by atoms with E-state index in [0.717, 1.165) is 24.5 Å². The first kappa shape index (κ1) is 17.5. The molecule has 0 N–H and O–H groups in total. The van der Waals surface area contributed by atoms with Gasteiger partial charge >= 0.3 is 0 Å². The maximum Gasteiger partial charge on any atom is 0.182 e. The number of thioether (sulfide) groups is 1. The molecule has 5 heteroatoms.